The Morgan fingerprint density at radius 1 is 1.25 bits per heavy atom. The van der Waals surface area contributed by atoms with Gasteiger partial charge in [-0.15, -0.1) is 0 Å². The average Bonchev–Trinajstić information content (AvgIpc) is 3.17. The fourth-order valence-electron chi connectivity index (χ4n) is 5.57. The van der Waals surface area contributed by atoms with Gasteiger partial charge in [-0.1, -0.05) is 49.9 Å². The molecule has 1 aliphatic carbocycles. The van der Waals surface area contributed by atoms with Crippen molar-refractivity contribution in [2.45, 2.75) is 45.6 Å². The average molecular weight is 484 g/mol. The molecule has 1 saturated heterocycles. The van der Waals surface area contributed by atoms with Crippen LogP contribution in [0, 0.1) is 5.92 Å². The molecule has 6 nitrogen and oxygen atoms in total. The molecule has 36 heavy (non-hydrogen) atoms. The van der Waals surface area contributed by atoms with Gasteiger partial charge in [-0.05, 0) is 74.9 Å². The van der Waals surface area contributed by atoms with Crippen molar-refractivity contribution in [3.63, 3.8) is 0 Å². The molecule has 0 unspecified atom stereocenters. The number of allylic oxidation sites excluding steroid dienone is 3. The highest BCUT2D eigenvalue weighted by atomic mass is 16.5. The summed E-state index contributed by atoms with van der Waals surface area (Å²) in [5.41, 5.74) is 12.1. The van der Waals surface area contributed by atoms with E-state index < -0.39 is 0 Å². The van der Waals surface area contributed by atoms with Crippen LogP contribution in [0.1, 0.15) is 44.8 Å². The van der Waals surface area contributed by atoms with E-state index in [1.807, 2.05) is 25.1 Å². The Kier molecular flexibility index (Phi) is 7.23. The summed E-state index contributed by atoms with van der Waals surface area (Å²) in [6, 6.07) is 8.77. The van der Waals surface area contributed by atoms with Gasteiger partial charge in [0.15, 0.2) is 0 Å². The van der Waals surface area contributed by atoms with Gasteiger partial charge >= 0.3 is 0 Å². The quantitative estimate of drug-likeness (QED) is 0.360. The van der Waals surface area contributed by atoms with Crippen LogP contribution in [0.2, 0.25) is 0 Å². The largest absolute Gasteiger partial charge is 0.489 e. The minimum atomic E-state index is 0.463. The lowest BCUT2D eigenvalue weighted by atomic mass is 9.79. The lowest BCUT2D eigenvalue weighted by molar-refractivity contribution is 0.0913. The van der Waals surface area contributed by atoms with Crippen LogP contribution < -0.4 is 10.5 Å². The van der Waals surface area contributed by atoms with Crippen molar-refractivity contribution in [2.24, 2.45) is 5.92 Å². The van der Waals surface area contributed by atoms with Gasteiger partial charge < -0.3 is 19.9 Å². The monoisotopic (exact) mass is 483 g/mol. The first-order valence-corrected chi connectivity index (χ1v) is 13.2. The van der Waals surface area contributed by atoms with E-state index in [-0.39, 0.29) is 0 Å². The Bertz CT molecular complexity index is 1290. The lowest BCUT2D eigenvalue weighted by Gasteiger charge is -2.42. The number of aromatic nitrogens is 3. The summed E-state index contributed by atoms with van der Waals surface area (Å²) < 4.78 is 8.62. The van der Waals surface area contributed by atoms with Crippen molar-refractivity contribution >= 4 is 16.9 Å². The third-order valence-corrected chi connectivity index (χ3v) is 7.64. The number of hydrogen-bond acceptors (Lipinski definition) is 5. The van der Waals surface area contributed by atoms with Gasteiger partial charge in [-0.2, -0.15) is 0 Å². The van der Waals surface area contributed by atoms with Crippen molar-refractivity contribution in [3.8, 4) is 16.9 Å². The van der Waals surface area contributed by atoms with E-state index in [0.29, 0.717) is 18.5 Å². The van der Waals surface area contributed by atoms with Gasteiger partial charge in [0, 0.05) is 23.8 Å². The SMILES string of the molecule is C=C/C=C\C(=C/C)COc1cccc(-c2c(CC)n(C3CC(CN4CCC4)C3)c3ncnc(N)c23)c1. The number of nitrogens with zero attached hydrogens (tertiary/aromatic N) is 4. The Morgan fingerprint density at radius 2 is 2.08 bits per heavy atom. The Labute approximate surface area is 214 Å². The van der Waals surface area contributed by atoms with Crippen LogP contribution in [0.4, 0.5) is 5.82 Å². The number of nitrogens with two attached hydrogens (primary N) is 1. The summed E-state index contributed by atoms with van der Waals surface area (Å²) in [4.78, 5) is 11.7. The van der Waals surface area contributed by atoms with Crippen molar-refractivity contribution in [1.29, 1.82) is 0 Å². The smallest absolute Gasteiger partial charge is 0.146 e. The molecule has 3 aromatic rings. The third kappa shape index (κ3) is 4.70. The predicted molar refractivity (Wildman–Crippen MR) is 148 cm³/mol. The maximum atomic E-state index is 6.49. The van der Waals surface area contributed by atoms with Gasteiger partial charge in [0.25, 0.3) is 0 Å². The number of benzene rings is 1. The van der Waals surface area contributed by atoms with Crippen LogP contribution in [0.3, 0.4) is 0 Å². The molecule has 0 amide bonds. The number of likely N-dealkylation sites (tertiary alicyclic amines) is 1. The molecule has 188 valence electrons. The molecule has 2 fully saturated rings. The molecule has 1 saturated carbocycles. The highest BCUT2D eigenvalue weighted by Gasteiger charge is 2.36. The minimum absolute atomic E-state index is 0.463. The van der Waals surface area contributed by atoms with E-state index in [9.17, 15) is 0 Å². The van der Waals surface area contributed by atoms with Gasteiger partial charge in [0.05, 0.1) is 5.39 Å². The van der Waals surface area contributed by atoms with Crippen molar-refractivity contribution in [3.05, 3.63) is 72.7 Å². The molecule has 2 aromatic heterocycles. The highest BCUT2D eigenvalue weighted by molar-refractivity contribution is 6.02. The Balaban J connectivity index is 1.47. The summed E-state index contributed by atoms with van der Waals surface area (Å²) in [7, 11) is 0. The Morgan fingerprint density at radius 3 is 2.78 bits per heavy atom. The molecule has 6 heteroatoms. The number of hydrogen-bond donors (Lipinski definition) is 1. The second-order valence-corrected chi connectivity index (χ2v) is 9.92. The zero-order valence-corrected chi connectivity index (χ0v) is 21.5. The minimum Gasteiger partial charge on any atom is -0.489 e. The van der Waals surface area contributed by atoms with E-state index in [4.69, 9.17) is 15.5 Å². The predicted octanol–water partition coefficient (Wildman–Crippen LogP) is 5.97. The molecule has 0 atom stereocenters. The van der Waals surface area contributed by atoms with E-state index in [0.717, 1.165) is 45.8 Å². The van der Waals surface area contributed by atoms with Crippen LogP contribution in [0.25, 0.3) is 22.2 Å². The number of rotatable bonds is 10. The standard InChI is InChI=1S/C30H37N5O/c1-4-7-10-21(5-2)19-36-25-12-8-11-23(17-25)27-26(6-3)35(30-28(27)29(31)32-20-33-30)24-15-22(16-24)18-34-13-9-14-34/h4-5,7-8,10-12,17,20,22,24H,1,6,9,13-16,18-19H2,2-3H3,(H2,31,32,33)/b10-7-,21-5+. The molecule has 5 rings (SSSR count). The summed E-state index contributed by atoms with van der Waals surface area (Å²) in [5, 5.41) is 0.959. The number of anilines is 1. The van der Waals surface area contributed by atoms with Crippen LogP contribution in [-0.4, -0.2) is 45.7 Å². The zero-order chi connectivity index (χ0) is 25.1. The molecular formula is C30H37N5O. The second kappa shape index (κ2) is 10.7. The molecule has 2 N–H and O–H groups in total. The van der Waals surface area contributed by atoms with E-state index >= 15 is 0 Å². The molecule has 0 bridgehead atoms. The summed E-state index contributed by atoms with van der Waals surface area (Å²) >= 11 is 0. The third-order valence-electron chi connectivity index (χ3n) is 7.64. The lowest BCUT2D eigenvalue weighted by Crippen LogP contribution is -2.44. The van der Waals surface area contributed by atoms with E-state index in [1.165, 1.54) is 44.6 Å². The van der Waals surface area contributed by atoms with Crippen LogP contribution in [0.5, 0.6) is 5.75 Å². The van der Waals surface area contributed by atoms with Crippen LogP contribution >= 0.6 is 0 Å². The summed E-state index contributed by atoms with van der Waals surface area (Å²) in [6.45, 7) is 12.2. The van der Waals surface area contributed by atoms with Gasteiger partial charge in [0.2, 0.25) is 0 Å². The molecule has 3 heterocycles. The first-order valence-electron chi connectivity index (χ1n) is 13.2. The molecule has 1 aliphatic heterocycles. The first-order chi connectivity index (χ1) is 17.6. The maximum absolute atomic E-state index is 6.49. The normalized spacial score (nSPS) is 20.4. The van der Waals surface area contributed by atoms with Crippen molar-refractivity contribution in [2.75, 3.05) is 32.0 Å². The van der Waals surface area contributed by atoms with Gasteiger partial charge in [-0.25, -0.2) is 9.97 Å². The second-order valence-electron chi connectivity index (χ2n) is 9.92. The number of nitrogen functional groups attached to an aromatic ring is 1. The molecular weight excluding hydrogens is 446 g/mol. The molecule has 2 aliphatic rings. The van der Waals surface area contributed by atoms with Gasteiger partial charge in [-0.3, -0.25) is 0 Å². The molecule has 0 radical (unpaired) electrons. The first kappa shape index (κ1) is 24.3. The van der Waals surface area contributed by atoms with Crippen LogP contribution in [0.15, 0.2) is 67.0 Å². The van der Waals surface area contributed by atoms with Crippen molar-refractivity contribution in [1.82, 2.24) is 19.4 Å². The van der Waals surface area contributed by atoms with Crippen molar-refractivity contribution < 1.29 is 4.74 Å². The summed E-state index contributed by atoms with van der Waals surface area (Å²) in [6.07, 6.45) is 14.0. The highest BCUT2D eigenvalue weighted by Crippen LogP contribution is 2.46. The van der Waals surface area contributed by atoms with E-state index in [1.54, 1.807) is 12.4 Å². The zero-order valence-electron chi connectivity index (χ0n) is 21.5. The van der Waals surface area contributed by atoms with Crippen LogP contribution in [-0.2, 0) is 6.42 Å². The molecule has 0 spiro atoms. The summed E-state index contributed by atoms with van der Waals surface area (Å²) in [5.74, 6) is 2.14. The molecule has 1 aromatic carbocycles. The maximum Gasteiger partial charge on any atom is 0.146 e. The van der Waals surface area contributed by atoms with Gasteiger partial charge in [0.1, 0.15) is 30.1 Å². The van der Waals surface area contributed by atoms with E-state index in [2.05, 4.69) is 52.2 Å². The fourth-order valence-corrected chi connectivity index (χ4v) is 5.57. The topological polar surface area (TPSA) is 69.2 Å². The number of ether oxygens (including phenoxy) is 1. The number of fused-ring (bicyclic) bond motifs is 1. The Hall–Kier alpha value is -3.38. The fraction of sp³-hybridized carbons (Fsp3) is 0.400.